The smallest absolute Gasteiger partial charge is 0.277 e. The van der Waals surface area contributed by atoms with Crippen LogP contribution in [0.1, 0.15) is 18.1 Å². The number of aryl methyl sites for hydroxylation is 2. The monoisotopic (exact) mass is 431 g/mol. The number of nitrogens with one attached hydrogen (secondary N) is 1. The molecule has 0 saturated carbocycles. The molecule has 1 N–H and O–H groups in total. The lowest BCUT2D eigenvalue weighted by Gasteiger charge is -2.12. The predicted octanol–water partition coefficient (Wildman–Crippen LogP) is 5.10. The van der Waals surface area contributed by atoms with Gasteiger partial charge < -0.3 is 9.73 Å². The van der Waals surface area contributed by atoms with Crippen molar-refractivity contribution in [3.05, 3.63) is 58.1 Å². The van der Waals surface area contributed by atoms with Gasteiger partial charge in [0.2, 0.25) is 11.8 Å². The van der Waals surface area contributed by atoms with Crippen LogP contribution in [0.3, 0.4) is 0 Å². The van der Waals surface area contributed by atoms with Crippen molar-refractivity contribution in [3.8, 4) is 11.5 Å². The summed E-state index contributed by atoms with van der Waals surface area (Å²) < 4.78 is 6.61. The van der Waals surface area contributed by atoms with Gasteiger partial charge in [-0.2, -0.15) is 0 Å². The number of aromatic nitrogens is 2. The summed E-state index contributed by atoms with van der Waals surface area (Å²) in [4.78, 5) is 12.3. The van der Waals surface area contributed by atoms with Gasteiger partial charge in [-0.05, 0) is 48.7 Å². The molecule has 134 valence electrons. The Bertz CT molecular complexity index is 909. The Balaban J connectivity index is 1.61. The minimum atomic E-state index is -0.0950. The van der Waals surface area contributed by atoms with Crippen LogP contribution in [0, 0.1) is 6.92 Å². The van der Waals surface area contributed by atoms with E-state index in [-0.39, 0.29) is 11.7 Å². The lowest BCUT2D eigenvalue weighted by molar-refractivity contribution is -0.113. The molecule has 0 aliphatic heterocycles. The van der Waals surface area contributed by atoms with Crippen LogP contribution >= 0.6 is 27.7 Å². The molecule has 0 bridgehead atoms. The highest BCUT2D eigenvalue weighted by Crippen LogP contribution is 2.25. The van der Waals surface area contributed by atoms with Crippen LogP contribution in [0.5, 0.6) is 0 Å². The number of thioether (sulfide) groups is 1. The highest BCUT2D eigenvalue weighted by atomic mass is 79.9. The van der Waals surface area contributed by atoms with E-state index in [9.17, 15) is 4.79 Å². The molecule has 1 aromatic heterocycles. The van der Waals surface area contributed by atoms with Crippen molar-refractivity contribution < 1.29 is 9.21 Å². The first kappa shape index (κ1) is 18.7. The number of amides is 1. The Kier molecular flexibility index (Phi) is 6.11. The van der Waals surface area contributed by atoms with E-state index in [4.69, 9.17) is 4.42 Å². The standard InChI is InChI=1S/C19H18BrN3O2S/c1-3-13-6-4-5-12(2)17(13)21-16(24)11-26-19-23-22-18(25-19)14-7-9-15(20)10-8-14/h4-10H,3,11H2,1-2H3,(H,21,24). The summed E-state index contributed by atoms with van der Waals surface area (Å²) in [7, 11) is 0. The molecule has 5 nitrogen and oxygen atoms in total. The van der Waals surface area contributed by atoms with Gasteiger partial charge >= 0.3 is 0 Å². The van der Waals surface area contributed by atoms with E-state index in [0.29, 0.717) is 11.1 Å². The normalized spacial score (nSPS) is 10.7. The zero-order valence-corrected chi connectivity index (χ0v) is 16.9. The van der Waals surface area contributed by atoms with Crippen molar-refractivity contribution in [1.82, 2.24) is 10.2 Å². The Morgan fingerprint density at radius 1 is 1.19 bits per heavy atom. The van der Waals surface area contributed by atoms with E-state index in [0.717, 1.165) is 33.3 Å². The van der Waals surface area contributed by atoms with Gasteiger partial charge in [-0.1, -0.05) is 52.8 Å². The number of para-hydroxylation sites is 1. The molecule has 1 heterocycles. The van der Waals surface area contributed by atoms with Gasteiger partial charge in [0.15, 0.2) is 0 Å². The molecular formula is C19H18BrN3O2S. The highest BCUT2D eigenvalue weighted by molar-refractivity contribution is 9.10. The Labute approximate surface area is 164 Å². The SMILES string of the molecule is CCc1cccc(C)c1NC(=O)CSc1nnc(-c2ccc(Br)cc2)o1. The molecule has 0 saturated heterocycles. The second kappa shape index (κ2) is 8.51. The lowest BCUT2D eigenvalue weighted by Crippen LogP contribution is -2.16. The molecule has 26 heavy (non-hydrogen) atoms. The second-order valence-corrected chi connectivity index (χ2v) is 7.52. The topological polar surface area (TPSA) is 68.0 Å². The highest BCUT2D eigenvalue weighted by Gasteiger charge is 2.13. The van der Waals surface area contributed by atoms with Crippen LogP contribution < -0.4 is 5.32 Å². The molecule has 0 radical (unpaired) electrons. The fraction of sp³-hybridized carbons (Fsp3) is 0.211. The summed E-state index contributed by atoms with van der Waals surface area (Å²) in [6, 6.07) is 13.6. The van der Waals surface area contributed by atoms with E-state index in [1.165, 1.54) is 11.8 Å². The van der Waals surface area contributed by atoms with Crippen LogP contribution in [-0.2, 0) is 11.2 Å². The van der Waals surface area contributed by atoms with Crippen molar-refractivity contribution in [2.45, 2.75) is 25.5 Å². The van der Waals surface area contributed by atoms with Gasteiger partial charge in [-0.15, -0.1) is 10.2 Å². The molecular weight excluding hydrogens is 414 g/mol. The largest absolute Gasteiger partial charge is 0.411 e. The van der Waals surface area contributed by atoms with Gasteiger partial charge in [-0.25, -0.2) is 0 Å². The van der Waals surface area contributed by atoms with Gasteiger partial charge in [-0.3, -0.25) is 4.79 Å². The van der Waals surface area contributed by atoms with Crippen LogP contribution in [0.2, 0.25) is 0 Å². The third-order valence-corrected chi connectivity index (χ3v) is 5.18. The number of hydrogen-bond donors (Lipinski definition) is 1. The summed E-state index contributed by atoms with van der Waals surface area (Å²) in [5.74, 6) is 0.550. The number of carbonyl (C=O) groups excluding carboxylic acids is 1. The van der Waals surface area contributed by atoms with Crippen molar-refractivity contribution >= 4 is 39.3 Å². The number of anilines is 1. The van der Waals surface area contributed by atoms with Crippen LogP contribution in [0.25, 0.3) is 11.5 Å². The summed E-state index contributed by atoms with van der Waals surface area (Å²) in [6.45, 7) is 4.06. The molecule has 0 aliphatic carbocycles. The van der Waals surface area contributed by atoms with Gasteiger partial charge in [0, 0.05) is 15.7 Å². The molecule has 3 aromatic rings. The number of nitrogens with zero attached hydrogens (tertiary/aromatic N) is 2. The molecule has 7 heteroatoms. The summed E-state index contributed by atoms with van der Waals surface area (Å²) >= 11 is 4.62. The average molecular weight is 432 g/mol. The van der Waals surface area contributed by atoms with E-state index in [2.05, 4.69) is 38.4 Å². The van der Waals surface area contributed by atoms with Crippen molar-refractivity contribution in [3.63, 3.8) is 0 Å². The molecule has 0 spiro atoms. The molecule has 0 atom stereocenters. The number of carbonyl (C=O) groups is 1. The fourth-order valence-corrected chi connectivity index (χ4v) is 3.31. The zero-order chi connectivity index (χ0) is 18.5. The molecule has 0 aliphatic rings. The fourth-order valence-electron chi connectivity index (χ4n) is 2.48. The van der Waals surface area contributed by atoms with E-state index < -0.39 is 0 Å². The molecule has 2 aromatic carbocycles. The first-order chi connectivity index (χ1) is 12.6. The van der Waals surface area contributed by atoms with Crippen molar-refractivity contribution in [1.29, 1.82) is 0 Å². The Hall–Kier alpha value is -2.12. The quantitative estimate of drug-likeness (QED) is 0.549. The molecule has 1 amide bonds. The van der Waals surface area contributed by atoms with E-state index >= 15 is 0 Å². The molecule has 0 fully saturated rings. The van der Waals surface area contributed by atoms with Gasteiger partial charge in [0.1, 0.15) is 0 Å². The summed E-state index contributed by atoms with van der Waals surface area (Å²) in [6.07, 6.45) is 0.866. The van der Waals surface area contributed by atoms with Gasteiger partial charge in [0.25, 0.3) is 5.22 Å². The van der Waals surface area contributed by atoms with Crippen LogP contribution in [0.15, 0.2) is 56.6 Å². The minimum absolute atomic E-state index is 0.0950. The maximum Gasteiger partial charge on any atom is 0.277 e. The summed E-state index contributed by atoms with van der Waals surface area (Å²) in [5.41, 5.74) is 3.91. The maximum absolute atomic E-state index is 12.3. The lowest BCUT2D eigenvalue weighted by atomic mass is 10.1. The summed E-state index contributed by atoms with van der Waals surface area (Å²) in [5, 5.41) is 11.4. The van der Waals surface area contributed by atoms with E-state index in [1.807, 2.05) is 49.4 Å². The van der Waals surface area contributed by atoms with Crippen LogP contribution in [-0.4, -0.2) is 21.9 Å². The second-order valence-electron chi connectivity index (χ2n) is 5.68. The first-order valence-corrected chi connectivity index (χ1v) is 9.95. The Morgan fingerprint density at radius 2 is 1.96 bits per heavy atom. The average Bonchev–Trinajstić information content (AvgIpc) is 3.11. The van der Waals surface area contributed by atoms with Crippen molar-refractivity contribution in [2.24, 2.45) is 0 Å². The molecule has 3 rings (SSSR count). The van der Waals surface area contributed by atoms with Crippen molar-refractivity contribution in [2.75, 3.05) is 11.1 Å². The number of halogens is 1. The van der Waals surface area contributed by atoms with E-state index in [1.54, 1.807) is 0 Å². The minimum Gasteiger partial charge on any atom is -0.411 e. The van der Waals surface area contributed by atoms with Crippen LogP contribution in [0.4, 0.5) is 5.69 Å². The first-order valence-electron chi connectivity index (χ1n) is 8.17. The van der Waals surface area contributed by atoms with Gasteiger partial charge in [0.05, 0.1) is 5.75 Å². The predicted molar refractivity (Wildman–Crippen MR) is 107 cm³/mol. The third kappa shape index (κ3) is 4.53. The number of rotatable bonds is 6. The molecule has 0 unspecified atom stereocenters. The number of benzene rings is 2. The number of hydrogen-bond acceptors (Lipinski definition) is 5. The zero-order valence-electron chi connectivity index (χ0n) is 14.5. The Morgan fingerprint density at radius 3 is 2.69 bits per heavy atom. The third-order valence-electron chi connectivity index (χ3n) is 3.83. The maximum atomic E-state index is 12.3.